The van der Waals surface area contributed by atoms with Gasteiger partial charge < -0.3 is 15.4 Å². The summed E-state index contributed by atoms with van der Waals surface area (Å²) in [6.07, 6.45) is 0. The number of anilines is 1. The van der Waals surface area contributed by atoms with Gasteiger partial charge in [0.1, 0.15) is 5.82 Å². The molecule has 1 saturated heterocycles. The van der Waals surface area contributed by atoms with Gasteiger partial charge in [-0.25, -0.2) is 14.2 Å². The van der Waals surface area contributed by atoms with Crippen molar-refractivity contribution in [1.82, 2.24) is 15.2 Å². The molecule has 6 nitrogen and oxygen atoms in total. The summed E-state index contributed by atoms with van der Waals surface area (Å²) >= 11 is 1.59. The maximum Gasteiger partial charge on any atom is 0.319 e. The summed E-state index contributed by atoms with van der Waals surface area (Å²) in [4.78, 5) is 20.1. The molecule has 2 N–H and O–H groups in total. The van der Waals surface area contributed by atoms with Crippen LogP contribution in [0.15, 0.2) is 48.5 Å². The normalized spacial score (nSPS) is 14.4. The molecular formula is C23H25FN4O2S. The van der Waals surface area contributed by atoms with Gasteiger partial charge in [-0.05, 0) is 48.9 Å². The highest BCUT2D eigenvalue weighted by molar-refractivity contribution is 7.15. The van der Waals surface area contributed by atoms with E-state index in [4.69, 9.17) is 4.74 Å². The molecule has 1 aliphatic heterocycles. The maximum absolute atomic E-state index is 13.3. The predicted octanol–water partition coefficient (Wildman–Crippen LogP) is 4.38. The Morgan fingerprint density at radius 1 is 1.10 bits per heavy atom. The van der Waals surface area contributed by atoms with Gasteiger partial charge in [0.05, 0.1) is 28.8 Å². The second-order valence-electron chi connectivity index (χ2n) is 7.33. The number of nitrogens with zero attached hydrogens (tertiary/aromatic N) is 2. The number of carbonyl (C=O) groups excluding carboxylic acids is 1. The molecule has 3 aromatic rings. The van der Waals surface area contributed by atoms with Crippen LogP contribution in [-0.4, -0.2) is 55.3 Å². The van der Waals surface area contributed by atoms with Crippen molar-refractivity contribution in [3.8, 4) is 21.7 Å². The molecule has 4 rings (SSSR count). The average molecular weight is 441 g/mol. The van der Waals surface area contributed by atoms with Crippen LogP contribution < -0.4 is 10.6 Å². The largest absolute Gasteiger partial charge is 0.379 e. The lowest BCUT2D eigenvalue weighted by molar-refractivity contribution is 0.0388. The maximum atomic E-state index is 13.3. The van der Waals surface area contributed by atoms with E-state index in [1.165, 1.54) is 12.1 Å². The standard InChI is InChI=1S/C23H25FN4O2S/c1-16-26-21(17-2-6-19(24)7-3-17)22(31-16)18-4-8-20(9-5-18)27-23(29)25-10-11-28-12-14-30-15-13-28/h2-9H,10-15H2,1H3,(H2,25,27,29). The SMILES string of the molecule is Cc1nc(-c2ccc(F)cc2)c(-c2ccc(NC(=O)NCCN3CCOCC3)cc2)s1. The lowest BCUT2D eigenvalue weighted by Crippen LogP contribution is -2.42. The number of rotatable bonds is 6. The summed E-state index contributed by atoms with van der Waals surface area (Å²) in [5.74, 6) is -0.268. The van der Waals surface area contributed by atoms with Crippen molar-refractivity contribution >= 4 is 23.1 Å². The van der Waals surface area contributed by atoms with Crippen molar-refractivity contribution in [2.24, 2.45) is 0 Å². The Balaban J connectivity index is 1.37. The second-order valence-corrected chi connectivity index (χ2v) is 8.53. The predicted molar refractivity (Wildman–Crippen MR) is 122 cm³/mol. The first kappa shape index (κ1) is 21.4. The van der Waals surface area contributed by atoms with Gasteiger partial charge >= 0.3 is 6.03 Å². The first-order valence-electron chi connectivity index (χ1n) is 10.3. The van der Waals surface area contributed by atoms with Crippen LogP contribution in [0, 0.1) is 12.7 Å². The quantitative estimate of drug-likeness (QED) is 0.597. The number of ether oxygens (including phenoxy) is 1. The summed E-state index contributed by atoms with van der Waals surface area (Å²) < 4.78 is 18.6. The third-order valence-electron chi connectivity index (χ3n) is 5.07. The van der Waals surface area contributed by atoms with Crippen molar-refractivity contribution in [3.05, 3.63) is 59.4 Å². The number of benzene rings is 2. The number of carbonyl (C=O) groups is 1. The van der Waals surface area contributed by atoms with E-state index in [0.29, 0.717) is 6.54 Å². The summed E-state index contributed by atoms with van der Waals surface area (Å²) in [7, 11) is 0. The van der Waals surface area contributed by atoms with Gasteiger partial charge in [0.25, 0.3) is 0 Å². The molecule has 1 aliphatic rings. The number of amides is 2. The zero-order valence-corrected chi connectivity index (χ0v) is 18.2. The third kappa shape index (κ3) is 5.66. The number of hydrogen-bond donors (Lipinski definition) is 2. The van der Waals surface area contributed by atoms with Crippen molar-refractivity contribution < 1.29 is 13.9 Å². The van der Waals surface area contributed by atoms with Crippen LogP contribution in [0.1, 0.15) is 5.01 Å². The van der Waals surface area contributed by atoms with Gasteiger partial charge in [-0.2, -0.15) is 0 Å². The number of nitrogens with one attached hydrogen (secondary N) is 2. The van der Waals surface area contributed by atoms with Crippen molar-refractivity contribution in [2.75, 3.05) is 44.7 Å². The molecule has 1 fully saturated rings. The molecule has 2 aromatic carbocycles. The molecule has 2 amide bonds. The van der Waals surface area contributed by atoms with Gasteiger partial charge in [-0.15, -0.1) is 11.3 Å². The molecule has 8 heteroatoms. The molecular weight excluding hydrogens is 415 g/mol. The number of halogens is 1. The van der Waals surface area contributed by atoms with Gasteiger partial charge in [-0.1, -0.05) is 12.1 Å². The summed E-state index contributed by atoms with van der Waals surface area (Å²) in [6.45, 7) is 6.67. The molecule has 0 radical (unpaired) electrons. The number of aryl methyl sites for hydroxylation is 1. The molecule has 0 spiro atoms. The summed E-state index contributed by atoms with van der Waals surface area (Å²) in [6, 6.07) is 13.8. The minimum absolute atomic E-state index is 0.221. The Morgan fingerprint density at radius 3 is 2.48 bits per heavy atom. The van der Waals surface area contributed by atoms with Crippen LogP contribution in [0.2, 0.25) is 0 Å². The topological polar surface area (TPSA) is 66.5 Å². The van der Waals surface area contributed by atoms with Gasteiger partial charge in [0.15, 0.2) is 0 Å². The molecule has 0 atom stereocenters. The zero-order valence-electron chi connectivity index (χ0n) is 17.4. The monoisotopic (exact) mass is 440 g/mol. The fraction of sp³-hybridized carbons (Fsp3) is 0.304. The Kier molecular flexibility index (Phi) is 6.91. The van der Waals surface area contributed by atoms with Gasteiger partial charge in [0, 0.05) is 37.4 Å². The van der Waals surface area contributed by atoms with E-state index in [9.17, 15) is 9.18 Å². The number of thiazole rings is 1. The number of morpholine rings is 1. The average Bonchev–Trinajstić information content (AvgIpc) is 3.17. The highest BCUT2D eigenvalue weighted by Crippen LogP contribution is 2.37. The van der Waals surface area contributed by atoms with E-state index in [2.05, 4.69) is 20.5 Å². The fourth-order valence-electron chi connectivity index (χ4n) is 3.46. The van der Waals surface area contributed by atoms with Crippen LogP contribution >= 0.6 is 11.3 Å². The summed E-state index contributed by atoms with van der Waals surface area (Å²) in [5, 5.41) is 6.70. The van der Waals surface area contributed by atoms with Gasteiger partial charge in [-0.3, -0.25) is 4.90 Å². The van der Waals surface area contributed by atoms with Crippen LogP contribution in [-0.2, 0) is 4.74 Å². The van der Waals surface area contributed by atoms with E-state index < -0.39 is 0 Å². The van der Waals surface area contributed by atoms with E-state index >= 15 is 0 Å². The Bertz CT molecular complexity index is 1020. The molecule has 2 heterocycles. The van der Waals surface area contributed by atoms with Crippen molar-refractivity contribution in [3.63, 3.8) is 0 Å². The highest BCUT2D eigenvalue weighted by atomic mass is 32.1. The van der Waals surface area contributed by atoms with E-state index in [-0.39, 0.29) is 11.8 Å². The lowest BCUT2D eigenvalue weighted by Gasteiger charge is -2.26. The zero-order chi connectivity index (χ0) is 21.6. The van der Waals surface area contributed by atoms with Crippen LogP contribution in [0.5, 0.6) is 0 Å². The second kappa shape index (κ2) is 10.00. The number of urea groups is 1. The fourth-order valence-corrected chi connectivity index (χ4v) is 4.41. The van der Waals surface area contributed by atoms with Gasteiger partial charge in [0.2, 0.25) is 0 Å². The van der Waals surface area contributed by atoms with E-state index in [0.717, 1.165) is 65.2 Å². The van der Waals surface area contributed by atoms with Crippen LogP contribution in [0.4, 0.5) is 14.9 Å². The summed E-state index contributed by atoms with van der Waals surface area (Å²) in [5.41, 5.74) is 3.44. The Morgan fingerprint density at radius 2 is 1.77 bits per heavy atom. The van der Waals surface area contributed by atoms with E-state index in [1.807, 2.05) is 31.2 Å². The van der Waals surface area contributed by atoms with Crippen LogP contribution in [0.3, 0.4) is 0 Å². The molecule has 0 saturated carbocycles. The molecule has 0 bridgehead atoms. The smallest absolute Gasteiger partial charge is 0.319 e. The Labute approximate surface area is 185 Å². The number of aromatic nitrogens is 1. The molecule has 31 heavy (non-hydrogen) atoms. The minimum Gasteiger partial charge on any atom is -0.379 e. The first-order chi connectivity index (χ1) is 15.1. The Hall–Kier alpha value is -2.81. The van der Waals surface area contributed by atoms with Crippen LogP contribution in [0.25, 0.3) is 21.7 Å². The van der Waals surface area contributed by atoms with E-state index in [1.54, 1.807) is 23.5 Å². The molecule has 0 aliphatic carbocycles. The number of hydrogen-bond acceptors (Lipinski definition) is 5. The molecule has 1 aromatic heterocycles. The molecule has 162 valence electrons. The first-order valence-corrected chi connectivity index (χ1v) is 11.1. The van der Waals surface area contributed by atoms with Crippen molar-refractivity contribution in [2.45, 2.75) is 6.92 Å². The third-order valence-corrected chi connectivity index (χ3v) is 6.09. The highest BCUT2D eigenvalue weighted by Gasteiger charge is 2.14. The lowest BCUT2D eigenvalue weighted by atomic mass is 10.1. The minimum atomic E-state index is -0.268. The molecule has 0 unspecified atom stereocenters. The van der Waals surface area contributed by atoms with Crippen molar-refractivity contribution in [1.29, 1.82) is 0 Å².